The SMILES string of the molecule is CC(C)(C)c1cccc(-c2cccc(C(C)(C)C)c2-[n+]2[c-]n(-c3cccc(Oc4ccc5c6ccccc6n(-c6cc(C(C)(C)C)ccn6)c5c4)c3)c3ccccc32)c1. The van der Waals surface area contributed by atoms with Crippen LogP contribution in [-0.2, 0) is 16.2 Å². The molecule has 0 aliphatic rings. The van der Waals surface area contributed by atoms with Gasteiger partial charge in [0.15, 0.2) is 0 Å². The van der Waals surface area contributed by atoms with Gasteiger partial charge in [0.2, 0.25) is 0 Å². The second-order valence-corrected chi connectivity index (χ2v) is 18.8. The summed E-state index contributed by atoms with van der Waals surface area (Å²) in [5.41, 5.74) is 12.5. The molecule has 0 radical (unpaired) electrons. The van der Waals surface area contributed by atoms with Crippen LogP contribution in [0.25, 0.3) is 61.2 Å². The first kappa shape index (κ1) is 38.1. The Labute approximate surface area is 348 Å². The first-order valence-corrected chi connectivity index (χ1v) is 20.6. The molecule has 0 aliphatic carbocycles. The van der Waals surface area contributed by atoms with E-state index in [2.05, 4.69) is 222 Å². The first-order valence-electron chi connectivity index (χ1n) is 20.6. The Hall–Kier alpha value is -6.46. The molecule has 9 aromatic rings. The topological polar surface area (TPSA) is 35.9 Å². The summed E-state index contributed by atoms with van der Waals surface area (Å²) < 4.78 is 13.4. The number of para-hydroxylation sites is 4. The van der Waals surface area contributed by atoms with E-state index in [-0.39, 0.29) is 16.2 Å². The fraction of sp³-hybridized carbons (Fsp3) is 0.222. The second-order valence-electron chi connectivity index (χ2n) is 18.8. The van der Waals surface area contributed by atoms with Crippen LogP contribution in [0.4, 0.5) is 0 Å². The van der Waals surface area contributed by atoms with Gasteiger partial charge in [-0.3, -0.25) is 13.7 Å². The van der Waals surface area contributed by atoms with E-state index >= 15 is 0 Å². The summed E-state index contributed by atoms with van der Waals surface area (Å²) in [4.78, 5) is 4.87. The number of aromatic nitrogens is 4. The molecule has 0 bridgehead atoms. The van der Waals surface area contributed by atoms with Gasteiger partial charge in [-0.15, -0.1) is 0 Å². The Balaban J connectivity index is 1.15. The minimum Gasteiger partial charge on any atom is -0.458 e. The Morgan fingerprint density at radius 2 is 1.22 bits per heavy atom. The average molecular weight is 773 g/mol. The van der Waals surface area contributed by atoms with Crippen LogP contribution in [0.3, 0.4) is 0 Å². The molecule has 9 rings (SSSR count). The number of nitrogens with zero attached hydrogens (tertiary/aromatic N) is 4. The zero-order valence-corrected chi connectivity index (χ0v) is 35.6. The molecule has 0 amide bonds. The third-order valence-corrected chi connectivity index (χ3v) is 11.5. The van der Waals surface area contributed by atoms with Crippen molar-refractivity contribution >= 4 is 32.8 Å². The lowest BCUT2D eigenvalue weighted by Gasteiger charge is -2.26. The number of pyridine rings is 1. The van der Waals surface area contributed by atoms with Crippen molar-refractivity contribution in [1.82, 2.24) is 14.1 Å². The van der Waals surface area contributed by atoms with Crippen LogP contribution in [0.2, 0.25) is 0 Å². The highest BCUT2D eigenvalue weighted by Gasteiger charge is 2.26. The Morgan fingerprint density at radius 1 is 0.542 bits per heavy atom. The molecule has 0 N–H and O–H groups in total. The molecule has 0 saturated carbocycles. The van der Waals surface area contributed by atoms with Crippen molar-refractivity contribution in [3.63, 3.8) is 0 Å². The van der Waals surface area contributed by atoms with Crippen LogP contribution in [0.1, 0.15) is 79.0 Å². The van der Waals surface area contributed by atoms with E-state index in [9.17, 15) is 0 Å². The maximum atomic E-state index is 6.73. The standard InChI is InChI=1S/C54H52N4O/c1-52(2,3)37-18-14-17-36(31-37)42-22-16-23-45(54(7,8)9)51(42)57-35-56(47-25-12-13-26-48(47)57)39-19-15-20-40(33-39)59-41-27-28-44-43-21-10-11-24-46(43)58(49(44)34-41)50-32-38(29-30-55-50)53(4,5)6/h10-34H,1-9H3. The minimum atomic E-state index is -0.122. The van der Waals surface area contributed by atoms with Crippen molar-refractivity contribution in [3.05, 3.63) is 175 Å². The smallest absolute Gasteiger partial charge is 0.269 e. The monoisotopic (exact) mass is 772 g/mol. The van der Waals surface area contributed by atoms with Crippen molar-refractivity contribution in [1.29, 1.82) is 0 Å². The molecule has 5 heteroatoms. The number of ether oxygens (including phenoxy) is 1. The van der Waals surface area contributed by atoms with Gasteiger partial charge in [0.05, 0.1) is 33.4 Å². The van der Waals surface area contributed by atoms with Crippen LogP contribution < -0.4 is 9.30 Å². The summed E-state index contributed by atoms with van der Waals surface area (Å²) in [7, 11) is 0. The largest absolute Gasteiger partial charge is 0.458 e. The number of benzene rings is 6. The van der Waals surface area contributed by atoms with Gasteiger partial charge >= 0.3 is 0 Å². The molecule has 0 unspecified atom stereocenters. The summed E-state index contributed by atoms with van der Waals surface area (Å²) in [5, 5.41) is 2.34. The predicted molar refractivity (Wildman–Crippen MR) is 244 cm³/mol. The zero-order chi connectivity index (χ0) is 41.3. The van der Waals surface area contributed by atoms with Crippen molar-refractivity contribution in [2.75, 3.05) is 0 Å². The van der Waals surface area contributed by atoms with Crippen molar-refractivity contribution < 1.29 is 9.30 Å². The molecular formula is C54H52N4O. The van der Waals surface area contributed by atoms with Crippen molar-refractivity contribution in [3.8, 4) is 39.8 Å². The molecule has 0 atom stereocenters. The molecule has 0 saturated heterocycles. The van der Waals surface area contributed by atoms with E-state index in [1.807, 2.05) is 12.3 Å². The van der Waals surface area contributed by atoms with Gasteiger partial charge in [0.1, 0.15) is 17.3 Å². The highest BCUT2D eigenvalue weighted by atomic mass is 16.5. The van der Waals surface area contributed by atoms with Gasteiger partial charge in [-0.25, -0.2) is 4.98 Å². The van der Waals surface area contributed by atoms with Crippen molar-refractivity contribution in [2.45, 2.75) is 78.6 Å². The lowest BCUT2D eigenvalue weighted by atomic mass is 9.82. The van der Waals surface area contributed by atoms with Crippen LogP contribution >= 0.6 is 0 Å². The average Bonchev–Trinajstić information content (AvgIpc) is 3.76. The van der Waals surface area contributed by atoms with E-state index in [1.165, 1.54) is 33.2 Å². The first-order chi connectivity index (χ1) is 28.1. The van der Waals surface area contributed by atoms with Gasteiger partial charge in [0, 0.05) is 23.0 Å². The third kappa shape index (κ3) is 6.99. The number of imidazole rings is 1. The van der Waals surface area contributed by atoms with E-state index in [4.69, 9.17) is 9.72 Å². The summed E-state index contributed by atoms with van der Waals surface area (Å²) in [5.74, 6) is 2.39. The van der Waals surface area contributed by atoms with E-state index in [0.29, 0.717) is 0 Å². The number of fused-ring (bicyclic) bond motifs is 4. The molecule has 0 spiro atoms. The Kier molecular flexibility index (Phi) is 9.12. The Bertz CT molecular complexity index is 3030. The second kappa shape index (κ2) is 14.1. The van der Waals surface area contributed by atoms with Crippen LogP contribution in [0.15, 0.2) is 152 Å². The Morgan fingerprint density at radius 3 is 2.00 bits per heavy atom. The normalized spacial score (nSPS) is 12.5. The van der Waals surface area contributed by atoms with Crippen LogP contribution in [-0.4, -0.2) is 14.1 Å². The molecule has 6 aromatic carbocycles. The van der Waals surface area contributed by atoms with Crippen molar-refractivity contribution in [2.24, 2.45) is 0 Å². The summed E-state index contributed by atoms with van der Waals surface area (Å²) in [6.07, 6.45) is 5.75. The third-order valence-electron chi connectivity index (χ3n) is 11.5. The maximum Gasteiger partial charge on any atom is 0.269 e. The fourth-order valence-electron chi connectivity index (χ4n) is 8.28. The molecule has 5 nitrogen and oxygen atoms in total. The molecule has 3 aromatic heterocycles. The highest BCUT2D eigenvalue weighted by Crippen LogP contribution is 2.38. The fourth-order valence-corrected chi connectivity index (χ4v) is 8.28. The van der Waals surface area contributed by atoms with E-state index in [1.54, 1.807) is 0 Å². The van der Waals surface area contributed by atoms with Gasteiger partial charge in [-0.05, 0) is 92.6 Å². The van der Waals surface area contributed by atoms with Gasteiger partial charge in [-0.1, -0.05) is 153 Å². The van der Waals surface area contributed by atoms with E-state index < -0.39 is 0 Å². The zero-order valence-electron chi connectivity index (χ0n) is 35.6. The summed E-state index contributed by atoms with van der Waals surface area (Å²) >= 11 is 0. The van der Waals surface area contributed by atoms with Gasteiger partial charge in [-0.2, -0.15) is 0 Å². The molecule has 294 valence electrons. The van der Waals surface area contributed by atoms with Gasteiger partial charge < -0.3 is 4.74 Å². The minimum absolute atomic E-state index is 0.00616. The predicted octanol–water partition coefficient (Wildman–Crippen LogP) is 13.6. The molecule has 0 fully saturated rings. The number of rotatable bonds is 6. The lowest BCUT2D eigenvalue weighted by Crippen LogP contribution is -2.34. The number of hydrogen-bond acceptors (Lipinski definition) is 2. The highest BCUT2D eigenvalue weighted by molar-refractivity contribution is 6.09. The summed E-state index contributed by atoms with van der Waals surface area (Å²) in [6, 6.07) is 51.8. The lowest BCUT2D eigenvalue weighted by molar-refractivity contribution is -0.572. The summed E-state index contributed by atoms with van der Waals surface area (Å²) in [6.45, 7) is 20.4. The van der Waals surface area contributed by atoms with Gasteiger partial charge in [0.25, 0.3) is 6.33 Å². The molecule has 0 aliphatic heterocycles. The van der Waals surface area contributed by atoms with Crippen LogP contribution in [0, 0.1) is 6.33 Å². The molecule has 59 heavy (non-hydrogen) atoms. The quantitative estimate of drug-likeness (QED) is 0.125. The maximum absolute atomic E-state index is 6.73. The number of hydrogen-bond donors (Lipinski definition) is 0. The van der Waals surface area contributed by atoms with Crippen LogP contribution in [0.5, 0.6) is 11.5 Å². The van der Waals surface area contributed by atoms with E-state index in [0.717, 1.165) is 56.1 Å². The molecular weight excluding hydrogens is 721 g/mol. The molecule has 3 heterocycles.